The highest BCUT2D eigenvalue weighted by Crippen LogP contribution is 2.21. The lowest BCUT2D eigenvalue weighted by Crippen LogP contribution is -2.45. The molecule has 1 atom stereocenters. The molecule has 0 aliphatic carbocycles. The van der Waals surface area contributed by atoms with Crippen LogP contribution in [0.25, 0.3) is 0 Å². The average molecular weight is 382 g/mol. The molecule has 1 unspecified atom stereocenters. The number of aromatic nitrogens is 2. The van der Waals surface area contributed by atoms with Crippen LogP contribution in [0.4, 0.5) is 4.79 Å². The van der Waals surface area contributed by atoms with Gasteiger partial charge in [0.2, 0.25) is 0 Å². The highest BCUT2D eigenvalue weighted by Gasteiger charge is 2.30. The van der Waals surface area contributed by atoms with Crippen LogP contribution < -0.4 is 0 Å². The van der Waals surface area contributed by atoms with Crippen LogP contribution in [0.2, 0.25) is 0 Å². The van der Waals surface area contributed by atoms with Crippen LogP contribution in [-0.4, -0.2) is 44.7 Å². The summed E-state index contributed by atoms with van der Waals surface area (Å²) in [5, 5.41) is 13.2. The minimum atomic E-state index is -0.744. The standard InChI is InChI=1S/C21H26N4O3/c1-15(2)24(20(27)28-21(3,4)5)14-18(26)19(16-9-7-6-8-10-16)25-12-11-17(13-22)23-25/h6-12,15,19H,14H2,1-5H3. The number of amides is 1. The number of ether oxygens (including phenoxy) is 1. The predicted octanol–water partition coefficient (Wildman–Crippen LogP) is 3.56. The highest BCUT2D eigenvalue weighted by atomic mass is 16.6. The minimum absolute atomic E-state index is 0.131. The van der Waals surface area contributed by atoms with Crippen LogP contribution in [0.5, 0.6) is 0 Å². The zero-order chi connectivity index (χ0) is 20.9. The number of carbonyl (C=O) groups is 2. The molecule has 28 heavy (non-hydrogen) atoms. The van der Waals surface area contributed by atoms with E-state index in [0.29, 0.717) is 0 Å². The second-order valence-corrected chi connectivity index (χ2v) is 7.77. The van der Waals surface area contributed by atoms with Gasteiger partial charge in [0, 0.05) is 12.2 Å². The molecule has 7 nitrogen and oxygen atoms in total. The molecule has 148 valence electrons. The van der Waals surface area contributed by atoms with Gasteiger partial charge < -0.3 is 4.74 Å². The maximum Gasteiger partial charge on any atom is 0.410 e. The first-order chi connectivity index (χ1) is 13.1. The van der Waals surface area contributed by atoms with Gasteiger partial charge in [-0.2, -0.15) is 10.4 Å². The lowest BCUT2D eigenvalue weighted by molar-refractivity contribution is -0.123. The molecule has 0 fully saturated rings. The monoisotopic (exact) mass is 382 g/mol. The van der Waals surface area contributed by atoms with Crippen LogP contribution in [0.3, 0.4) is 0 Å². The average Bonchev–Trinajstić information content (AvgIpc) is 3.07. The van der Waals surface area contributed by atoms with Gasteiger partial charge >= 0.3 is 6.09 Å². The SMILES string of the molecule is CC(C)N(CC(=O)C(c1ccccc1)n1ccc(C#N)n1)C(=O)OC(C)(C)C. The number of nitrogens with zero attached hydrogens (tertiary/aromatic N) is 4. The Morgan fingerprint density at radius 3 is 2.36 bits per heavy atom. The molecule has 1 aromatic heterocycles. The topological polar surface area (TPSA) is 88.2 Å². The number of nitriles is 1. The molecular formula is C21H26N4O3. The second-order valence-electron chi connectivity index (χ2n) is 7.77. The van der Waals surface area contributed by atoms with Crippen LogP contribution >= 0.6 is 0 Å². The Kier molecular flexibility index (Phi) is 6.57. The third-order valence-electron chi connectivity index (χ3n) is 3.99. The molecule has 0 saturated carbocycles. The first-order valence-corrected chi connectivity index (χ1v) is 9.15. The fourth-order valence-electron chi connectivity index (χ4n) is 2.70. The van der Waals surface area contributed by atoms with Gasteiger partial charge in [-0.25, -0.2) is 4.79 Å². The number of ketones is 1. The van der Waals surface area contributed by atoms with Crippen molar-refractivity contribution in [1.29, 1.82) is 5.26 Å². The van der Waals surface area contributed by atoms with Gasteiger partial charge in [0.05, 0.1) is 6.54 Å². The minimum Gasteiger partial charge on any atom is -0.444 e. The highest BCUT2D eigenvalue weighted by molar-refractivity contribution is 5.89. The Bertz CT molecular complexity index is 860. The Hall–Kier alpha value is -3.14. The van der Waals surface area contributed by atoms with Crippen molar-refractivity contribution < 1.29 is 14.3 Å². The molecule has 2 aromatic rings. The third-order valence-corrected chi connectivity index (χ3v) is 3.99. The molecule has 0 spiro atoms. The summed E-state index contributed by atoms with van der Waals surface area (Å²) in [4.78, 5) is 27.2. The number of hydrogen-bond acceptors (Lipinski definition) is 5. The quantitative estimate of drug-likeness (QED) is 0.762. The molecule has 0 N–H and O–H groups in total. The number of hydrogen-bond donors (Lipinski definition) is 0. The second kappa shape index (κ2) is 8.70. The van der Waals surface area contributed by atoms with Crippen molar-refractivity contribution >= 4 is 11.9 Å². The molecule has 1 heterocycles. The van der Waals surface area contributed by atoms with E-state index in [1.54, 1.807) is 33.0 Å². The van der Waals surface area contributed by atoms with Gasteiger partial charge in [-0.3, -0.25) is 14.4 Å². The van der Waals surface area contributed by atoms with Crippen LogP contribution in [0.1, 0.15) is 51.9 Å². The summed E-state index contributed by atoms with van der Waals surface area (Å²) in [5.41, 5.74) is 0.296. The maximum atomic E-state index is 13.2. The van der Waals surface area contributed by atoms with Crippen molar-refractivity contribution in [2.75, 3.05) is 6.54 Å². The van der Waals surface area contributed by atoms with Crippen LogP contribution in [0, 0.1) is 11.3 Å². The molecule has 7 heteroatoms. The Morgan fingerprint density at radius 1 is 1.21 bits per heavy atom. The molecule has 0 aliphatic heterocycles. The lowest BCUT2D eigenvalue weighted by atomic mass is 10.0. The smallest absolute Gasteiger partial charge is 0.410 e. The van der Waals surface area contributed by atoms with E-state index in [-0.39, 0.29) is 24.1 Å². The van der Waals surface area contributed by atoms with Gasteiger partial charge in [-0.1, -0.05) is 30.3 Å². The van der Waals surface area contributed by atoms with Gasteiger partial charge in [0.1, 0.15) is 17.7 Å². The summed E-state index contributed by atoms with van der Waals surface area (Å²) < 4.78 is 6.91. The first-order valence-electron chi connectivity index (χ1n) is 9.15. The molecule has 1 aromatic carbocycles. The number of carbonyl (C=O) groups excluding carboxylic acids is 2. The molecule has 0 saturated heterocycles. The summed E-state index contributed by atoms with van der Waals surface area (Å²) in [7, 11) is 0. The van der Waals surface area contributed by atoms with Crippen LogP contribution in [0.15, 0.2) is 42.6 Å². The molecule has 0 bridgehead atoms. The van der Waals surface area contributed by atoms with Gasteiger partial charge in [-0.15, -0.1) is 0 Å². The van der Waals surface area contributed by atoms with Crippen molar-refractivity contribution in [1.82, 2.24) is 14.7 Å². The van der Waals surface area contributed by atoms with E-state index < -0.39 is 17.7 Å². The van der Waals surface area contributed by atoms with Crippen molar-refractivity contribution in [2.24, 2.45) is 0 Å². The van der Waals surface area contributed by atoms with Gasteiger partial charge in [0.15, 0.2) is 11.5 Å². The van der Waals surface area contributed by atoms with Crippen molar-refractivity contribution in [3.05, 3.63) is 53.9 Å². The van der Waals surface area contributed by atoms with E-state index in [2.05, 4.69) is 5.10 Å². The summed E-state index contributed by atoms with van der Waals surface area (Å²) in [6, 6.07) is 11.7. The fourth-order valence-corrected chi connectivity index (χ4v) is 2.70. The fraction of sp³-hybridized carbons (Fsp3) is 0.429. The summed E-state index contributed by atoms with van der Waals surface area (Å²) in [6.07, 6.45) is 1.06. The van der Waals surface area contributed by atoms with E-state index in [4.69, 9.17) is 10.00 Å². The lowest BCUT2D eigenvalue weighted by Gasteiger charge is -2.30. The largest absolute Gasteiger partial charge is 0.444 e. The Labute approximate surface area is 165 Å². The Morgan fingerprint density at radius 2 is 1.86 bits per heavy atom. The molecular weight excluding hydrogens is 356 g/mol. The molecule has 0 aliphatic rings. The summed E-state index contributed by atoms with van der Waals surface area (Å²) in [5.74, 6) is -0.224. The first kappa shape index (κ1) is 21.2. The zero-order valence-electron chi connectivity index (χ0n) is 16.9. The number of benzene rings is 1. The number of rotatable bonds is 6. The molecule has 0 radical (unpaired) electrons. The number of Topliss-reactive ketones (excluding diaryl/α,β-unsaturated/α-hetero) is 1. The zero-order valence-corrected chi connectivity index (χ0v) is 16.9. The van der Waals surface area contributed by atoms with E-state index in [1.165, 1.54) is 9.58 Å². The van der Waals surface area contributed by atoms with Crippen molar-refractivity contribution in [3.8, 4) is 6.07 Å². The van der Waals surface area contributed by atoms with E-state index in [1.807, 2.05) is 50.2 Å². The van der Waals surface area contributed by atoms with Crippen LogP contribution in [-0.2, 0) is 9.53 Å². The van der Waals surface area contributed by atoms with Crippen molar-refractivity contribution in [2.45, 2.75) is 52.3 Å². The molecule has 1 amide bonds. The normalized spacial score (nSPS) is 12.3. The van der Waals surface area contributed by atoms with E-state index in [0.717, 1.165) is 5.56 Å². The third kappa shape index (κ3) is 5.43. The predicted molar refractivity (Wildman–Crippen MR) is 105 cm³/mol. The Balaban J connectivity index is 2.33. The van der Waals surface area contributed by atoms with Crippen molar-refractivity contribution in [3.63, 3.8) is 0 Å². The van der Waals surface area contributed by atoms with Gasteiger partial charge in [-0.05, 0) is 46.2 Å². The summed E-state index contributed by atoms with van der Waals surface area (Å²) in [6.45, 7) is 8.88. The molecule has 2 rings (SSSR count). The van der Waals surface area contributed by atoms with Gasteiger partial charge in [0.25, 0.3) is 0 Å². The maximum absolute atomic E-state index is 13.2. The summed E-state index contributed by atoms with van der Waals surface area (Å²) >= 11 is 0. The van der Waals surface area contributed by atoms with E-state index in [9.17, 15) is 9.59 Å². The van der Waals surface area contributed by atoms with E-state index >= 15 is 0 Å².